The molecule has 1 aliphatic rings. The van der Waals surface area contributed by atoms with E-state index in [1.54, 1.807) is 14.2 Å². The summed E-state index contributed by atoms with van der Waals surface area (Å²) in [6, 6.07) is 6.01. The van der Waals surface area contributed by atoms with Crippen molar-refractivity contribution in [2.75, 3.05) is 27.4 Å². The van der Waals surface area contributed by atoms with Crippen molar-refractivity contribution in [1.29, 1.82) is 0 Å². The summed E-state index contributed by atoms with van der Waals surface area (Å²) >= 11 is 3.51. The van der Waals surface area contributed by atoms with Crippen LogP contribution in [0.5, 0.6) is 5.75 Å². The number of ether oxygens (including phenoxy) is 3. The molecule has 0 aromatic heterocycles. The monoisotopic (exact) mass is 343 g/mol. The van der Waals surface area contributed by atoms with Gasteiger partial charge in [0.25, 0.3) is 0 Å². The first-order chi connectivity index (χ1) is 9.61. The summed E-state index contributed by atoms with van der Waals surface area (Å²) in [7, 11) is 3.41. The third kappa shape index (κ3) is 3.34. The lowest BCUT2D eigenvalue weighted by molar-refractivity contribution is -0.103. The van der Waals surface area contributed by atoms with Gasteiger partial charge in [0.2, 0.25) is 0 Å². The van der Waals surface area contributed by atoms with Crippen molar-refractivity contribution in [2.24, 2.45) is 5.73 Å². The molecule has 0 aliphatic carbocycles. The Morgan fingerprint density at radius 1 is 1.35 bits per heavy atom. The first-order valence-electron chi connectivity index (χ1n) is 6.82. The Morgan fingerprint density at radius 3 is 2.60 bits per heavy atom. The molecule has 0 saturated carbocycles. The minimum absolute atomic E-state index is 0.0447. The van der Waals surface area contributed by atoms with Crippen LogP contribution in [0.3, 0.4) is 0 Å². The molecule has 1 fully saturated rings. The zero-order chi connectivity index (χ0) is 14.6. The van der Waals surface area contributed by atoms with Crippen molar-refractivity contribution < 1.29 is 14.2 Å². The fourth-order valence-corrected chi connectivity index (χ4v) is 3.31. The molecule has 1 aromatic carbocycles. The van der Waals surface area contributed by atoms with E-state index in [0.29, 0.717) is 13.2 Å². The number of rotatable bonds is 5. The van der Waals surface area contributed by atoms with E-state index < -0.39 is 0 Å². The van der Waals surface area contributed by atoms with Gasteiger partial charge in [-0.3, -0.25) is 0 Å². The van der Waals surface area contributed by atoms with Gasteiger partial charge in [-0.05, 0) is 40.0 Å². The second-order valence-corrected chi connectivity index (χ2v) is 6.02. The summed E-state index contributed by atoms with van der Waals surface area (Å²) in [5, 5.41) is 0. The van der Waals surface area contributed by atoms with E-state index in [1.807, 2.05) is 12.1 Å². The minimum Gasteiger partial charge on any atom is -0.496 e. The van der Waals surface area contributed by atoms with Gasteiger partial charge in [0.1, 0.15) is 5.75 Å². The molecule has 5 heteroatoms. The second kappa shape index (κ2) is 6.89. The van der Waals surface area contributed by atoms with Crippen LogP contribution in [0.4, 0.5) is 0 Å². The molecular weight excluding hydrogens is 322 g/mol. The molecule has 1 aromatic rings. The average molecular weight is 344 g/mol. The first kappa shape index (κ1) is 15.8. The summed E-state index contributed by atoms with van der Waals surface area (Å²) < 4.78 is 17.4. The lowest BCUT2D eigenvalue weighted by atomic mass is 9.83. The molecule has 0 bridgehead atoms. The molecule has 2 N–H and O–H groups in total. The van der Waals surface area contributed by atoms with Crippen LogP contribution < -0.4 is 10.5 Å². The molecule has 20 heavy (non-hydrogen) atoms. The van der Waals surface area contributed by atoms with Gasteiger partial charge in [-0.2, -0.15) is 0 Å². The van der Waals surface area contributed by atoms with Gasteiger partial charge < -0.3 is 19.9 Å². The van der Waals surface area contributed by atoms with Gasteiger partial charge in [-0.25, -0.2) is 0 Å². The molecule has 1 saturated heterocycles. The third-order valence-electron chi connectivity index (χ3n) is 4.09. The maximum Gasteiger partial charge on any atom is 0.133 e. The van der Waals surface area contributed by atoms with Gasteiger partial charge >= 0.3 is 0 Å². The zero-order valence-electron chi connectivity index (χ0n) is 12.0. The highest BCUT2D eigenvalue weighted by Gasteiger charge is 2.38. The molecule has 1 atom stereocenters. The van der Waals surface area contributed by atoms with Crippen molar-refractivity contribution >= 4 is 15.9 Å². The molecule has 0 spiro atoms. The van der Waals surface area contributed by atoms with E-state index in [0.717, 1.165) is 29.5 Å². The number of methoxy groups -OCH3 is 2. The highest BCUT2D eigenvalue weighted by molar-refractivity contribution is 9.10. The van der Waals surface area contributed by atoms with Crippen molar-refractivity contribution in [1.82, 2.24) is 0 Å². The summed E-state index contributed by atoms with van der Waals surface area (Å²) in [5.74, 6) is 0.829. The quantitative estimate of drug-likeness (QED) is 0.892. The fraction of sp³-hybridized carbons (Fsp3) is 0.600. The van der Waals surface area contributed by atoms with Gasteiger partial charge in [0.05, 0.1) is 17.2 Å². The van der Waals surface area contributed by atoms with Crippen LogP contribution in [0, 0.1) is 0 Å². The molecule has 0 amide bonds. The fourth-order valence-electron chi connectivity index (χ4n) is 2.72. The molecule has 1 heterocycles. The predicted molar refractivity (Wildman–Crippen MR) is 82.2 cm³/mol. The van der Waals surface area contributed by atoms with E-state index in [-0.39, 0.29) is 11.6 Å². The van der Waals surface area contributed by atoms with Crippen molar-refractivity contribution in [3.63, 3.8) is 0 Å². The van der Waals surface area contributed by atoms with E-state index in [9.17, 15) is 0 Å². The Kier molecular flexibility index (Phi) is 5.43. The van der Waals surface area contributed by atoms with Gasteiger partial charge in [0, 0.05) is 39.2 Å². The lowest BCUT2D eigenvalue weighted by Gasteiger charge is -2.40. The zero-order valence-corrected chi connectivity index (χ0v) is 13.6. The van der Waals surface area contributed by atoms with Crippen molar-refractivity contribution in [3.8, 4) is 5.75 Å². The van der Waals surface area contributed by atoms with Crippen LogP contribution in [0.2, 0.25) is 0 Å². The summed E-state index contributed by atoms with van der Waals surface area (Å²) in [6.45, 7) is 1.43. The van der Waals surface area contributed by atoms with E-state index in [1.165, 1.54) is 5.56 Å². The third-order valence-corrected chi connectivity index (χ3v) is 4.71. The highest BCUT2D eigenvalue weighted by atomic mass is 79.9. The van der Waals surface area contributed by atoms with Crippen molar-refractivity contribution in [2.45, 2.75) is 30.9 Å². The van der Waals surface area contributed by atoms with E-state index >= 15 is 0 Å². The topological polar surface area (TPSA) is 53.7 Å². The largest absolute Gasteiger partial charge is 0.496 e. The second-order valence-electron chi connectivity index (χ2n) is 5.16. The maximum absolute atomic E-state index is 6.42. The minimum atomic E-state index is -0.273. The molecule has 1 unspecified atom stereocenters. The Labute approximate surface area is 128 Å². The molecule has 0 radical (unpaired) electrons. The van der Waals surface area contributed by atoms with Crippen LogP contribution in [-0.4, -0.2) is 39.1 Å². The Balaban J connectivity index is 2.09. The number of hydrogen-bond donors (Lipinski definition) is 1. The van der Waals surface area contributed by atoms with Crippen LogP contribution in [0.15, 0.2) is 22.7 Å². The standard InChI is InChI=1S/C15H22BrNO3/c1-18-13-4-3-11(9-12(13)16)10-14(17)15(19-2)5-7-20-8-6-15/h3-4,9,14H,5-8,10,17H2,1-2H3. The SMILES string of the molecule is COc1ccc(CC(N)C2(OC)CCOCC2)cc1Br. The number of nitrogens with two attached hydrogens (primary N) is 1. The average Bonchev–Trinajstić information content (AvgIpc) is 2.48. The summed E-state index contributed by atoms with van der Waals surface area (Å²) in [4.78, 5) is 0. The van der Waals surface area contributed by atoms with E-state index in [4.69, 9.17) is 19.9 Å². The molecular formula is C15H22BrNO3. The molecule has 112 valence electrons. The van der Waals surface area contributed by atoms with Gasteiger partial charge in [-0.15, -0.1) is 0 Å². The van der Waals surface area contributed by atoms with Crippen LogP contribution >= 0.6 is 15.9 Å². The van der Waals surface area contributed by atoms with Crippen molar-refractivity contribution in [3.05, 3.63) is 28.2 Å². The smallest absolute Gasteiger partial charge is 0.133 e. The van der Waals surface area contributed by atoms with Crippen LogP contribution in [0.1, 0.15) is 18.4 Å². The summed E-state index contributed by atoms with van der Waals surface area (Å²) in [5.41, 5.74) is 7.32. The van der Waals surface area contributed by atoms with Gasteiger partial charge in [0.15, 0.2) is 0 Å². The predicted octanol–water partition coefficient (Wildman–Crippen LogP) is 2.52. The Bertz CT molecular complexity index is 447. The van der Waals surface area contributed by atoms with Crippen LogP contribution in [0.25, 0.3) is 0 Å². The Hall–Kier alpha value is -0.620. The van der Waals surface area contributed by atoms with Crippen LogP contribution in [-0.2, 0) is 15.9 Å². The maximum atomic E-state index is 6.42. The van der Waals surface area contributed by atoms with E-state index in [2.05, 4.69) is 22.0 Å². The first-order valence-corrected chi connectivity index (χ1v) is 7.61. The summed E-state index contributed by atoms with van der Waals surface area (Å²) in [6.07, 6.45) is 2.47. The molecule has 2 rings (SSSR count). The number of halogens is 1. The molecule has 1 aliphatic heterocycles. The highest BCUT2D eigenvalue weighted by Crippen LogP contribution is 2.31. The Morgan fingerprint density at radius 2 is 2.05 bits per heavy atom. The molecule has 4 nitrogen and oxygen atoms in total. The van der Waals surface area contributed by atoms with Gasteiger partial charge in [-0.1, -0.05) is 6.07 Å². The number of benzene rings is 1. The normalized spacial score (nSPS) is 19.6. The lowest BCUT2D eigenvalue weighted by Crippen LogP contribution is -2.53. The number of hydrogen-bond acceptors (Lipinski definition) is 4.